The van der Waals surface area contributed by atoms with Crippen molar-refractivity contribution in [1.29, 1.82) is 0 Å². The molecule has 6 nitrogen and oxygen atoms in total. The van der Waals surface area contributed by atoms with E-state index in [2.05, 4.69) is 4.72 Å². The van der Waals surface area contributed by atoms with Gasteiger partial charge in [-0.2, -0.15) is 0 Å². The molecule has 0 amide bonds. The zero-order valence-corrected chi connectivity index (χ0v) is 14.2. The Hall–Kier alpha value is -0.550. The van der Waals surface area contributed by atoms with Crippen molar-refractivity contribution in [3.05, 3.63) is 24.0 Å². The van der Waals surface area contributed by atoms with Crippen LogP contribution in [0.5, 0.6) is 0 Å². The lowest BCUT2D eigenvalue weighted by Gasteiger charge is -2.11. The van der Waals surface area contributed by atoms with E-state index in [4.69, 9.17) is 10.7 Å². The number of hydrogen-bond acceptors (Lipinski definition) is 5. The van der Waals surface area contributed by atoms with Crippen LogP contribution in [0, 0.1) is 5.82 Å². The molecule has 0 spiro atoms. The van der Waals surface area contributed by atoms with Crippen molar-refractivity contribution >= 4 is 40.6 Å². The molecule has 2 atom stereocenters. The van der Waals surface area contributed by atoms with Gasteiger partial charge in [0.1, 0.15) is 10.7 Å². The Morgan fingerprint density at radius 1 is 1.33 bits per heavy atom. The number of hydrogen-bond donors (Lipinski definition) is 1. The zero-order valence-electron chi connectivity index (χ0n) is 11.0. The highest BCUT2D eigenvalue weighted by atomic mass is 35.7. The standard InChI is InChI=1S/C10H13ClFNO5S3/c1-7(19(2)14)6-13-21(17,18)10-4-3-8(5-9(10)12)20(11,15)16/h3-5,7,13H,6H2,1-2H3. The molecule has 0 saturated carbocycles. The van der Waals surface area contributed by atoms with Crippen molar-refractivity contribution in [2.75, 3.05) is 12.8 Å². The van der Waals surface area contributed by atoms with Crippen LogP contribution in [-0.4, -0.2) is 39.1 Å². The molecule has 11 heteroatoms. The number of nitrogens with one attached hydrogen (secondary N) is 1. The third kappa shape index (κ3) is 4.99. The second kappa shape index (κ2) is 6.69. The molecule has 0 fully saturated rings. The monoisotopic (exact) mass is 377 g/mol. The highest BCUT2D eigenvalue weighted by molar-refractivity contribution is 8.13. The molecule has 0 aliphatic heterocycles. The van der Waals surface area contributed by atoms with Crippen molar-refractivity contribution in [1.82, 2.24) is 4.72 Å². The predicted molar refractivity (Wildman–Crippen MR) is 78.2 cm³/mol. The fraction of sp³-hybridized carbons (Fsp3) is 0.400. The molecule has 1 aromatic carbocycles. The van der Waals surface area contributed by atoms with Gasteiger partial charge >= 0.3 is 0 Å². The van der Waals surface area contributed by atoms with Crippen LogP contribution in [0.15, 0.2) is 28.0 Å². The molecule has 120 valence electrons. The molecule has 0 bridgehead atoms. The molecule has 1 rings (SSSR count). The molecule has 2 unspecified atom stereocenters. The van der Waals surface area contributed by atoms with Gasteiger partial charge in [-0.15, -0.1) is 0 Å². The zero-order chi connectivity index (χ0) is 16.4. The van der Waals surface area contributed by atoms with Gasteiger partial charge in [-0.1, -0.05) is 0 Å². The van der Waals surface area contributed by atoms with E-state index in [1.807, 2.05) is 0 Å². The van der Waals surface area contributed by atoms with Gasteiger partial charge in [-0.25, -0.2) is 25.9 Å². The summed E-state index contributed by atoms with van der Waals surface area (Å²) < 4.78 is 72.9. The van der Waals surface area contributed by atoms with Crippen LogP contribution in [0.25, 0.3) is 0 Å². The Bertz CT molecular complexity index is 763. The number of sulfonamides is 1. The van der Waals surface area contributed by atoms with E-state index in [1.54, 1.807) is 6.92 Å². The van der Waals surface area contributed by atoms with Crippen LogP contribution >= 0.6 is 10.7 Å². The molecule has 1 aromatic rings. The summed E-state index contributed by atoms with van der Waals surface area (Å²) in [6.45, 7) is 1.43. The van der Waals surface area contributed by atoms with Crippen LogP contribution in [-0.2, 0) is 29.9 Å². The van der Waals surface area contributed by atoms with Gasteiger partial charge in [-0.05, 0) is 25.1 Å². The number of rotatable bonds is 6. The molecule has 0 radical (unpaired) electrons. The molecule has 1 N–H and O–H groups in total. The van der Waals surface area contributed by atoms with Gasteiger partial charge in [0.15, 0.2) is 0 Å². The molecule has 0 aliphatic carbocycles. The summed E-state index contributed by atoms with van der Waals surface area (Å²) in [6.07, 6.45) is 1.42. The summed E-state index contributed by atoms with van der Waals surface area (Å²) in [5, 5.41) is -0.453. The maximum absolute atomic E-state index is 13.8. The van der Waals surface area contributed by atoms with Crippen LogP contribution in [0.1, 0.15) is 6.92 Å². The Balaban J connectivity index is 3.08. The molecule has 0 aliphatic rings. The molecule has 21 heavy (non-hydrogen) atoms. The van der Waals surface area contributed by atoms with Gasteiger partial charge in [0.25, 0.3) is 9.05 Å². The van der Waals surface area contributed by atoms with Crippen LogP contribution in [0.3, 0.4) is 0 Å². The molecule has 0 heterocycles. The maximum atomic E-state index is 13.8. The smallest absolute Gasteiger partial charge is 0.260 e. The van der Waals surface area contributed by atoms with E-state index >= 15 is 0 Å². The van der Waals surface area contributed by atoms with Crippen molar-refractivity contribution in [2.24, 2.45) is 0 Å². The van der Waals surface area contributed by atoms with Crippen molar-refractivity contribution in [3.8, 4) is 0 Å². The first kappa shape index (κ1) is 18.5. The molecule has 0 aromatic heterocycles. The Morgan fingerprint density at radius 2 is 1.90 bits per heavy atom. The van der Waals surface area contributed by atoms with Crippen LogP contribution in [0.2, 0.25) is 0 Å². The van der Waals surface area contributed by atoms with E-state index in [1.165, 1.54) is 6.26 Å². The van der Waals surface area contributed by atoms with E-state index in [9.17, 15) is 25.4 Å². The number of benzene rings is 1. The second-order valence-corrected chi connectivity index (χ2v) is 10.3. The topological polar surface area (TPSA) is 97.4 Å². The Kier molecular flexibility index (Phi) is 5.90. The third-order valence-electron chi connectivity index (χ3n) is 2.60. The first-order chi connectivity index (χ1) is 9.45. The summed E-state index contributed by atoms with van der Waals surface area (Å²) >= 11 is 0. The highest BCUT2D eigenvalue weighted by Gasteiger charge is 2.22. The van der Waals surface area contributed by atoms with Crippen LogP contribution in [0.4, 0.5) is 4.39 Å². The first-order valence-corrected chi connectivity index (χ1v) is 10.9. The minimum Gasteiger partial charge on any atom is -0.260 e. The minimum absolute atomic E-state index is 0.138. The van der Waals surface area contributed by atoms with Gasteiger partial charge in [0.2, 0.25) is 10.0 Å². The van der Waals surface area contributed by atoms with Crippen molar-refractivity contribution < 1.29 is 25.4 Å². The Morgan fingerprint density at radius 3 is 2.33 bits per heavy atom. The normalized spacial score (nSPS) is 15.6. The van der Waals surface area contributed by atoms with Gasteiger partial charge < -0.3 is 0 Å². The van der Waals surface area contributed by atoms with E-state index in [0.717, 1.165) is 12.1 Å². The lowest BCUT2D eigenvalue weighted by atomic mass is 10.3. The fourth-order valence-electron chi connectivity index (χ4n) is 1.27. The molecular weight excluding hydrogens is 365 g/mol. The van der Waals surface area contributed by atoms with Crippen molar-refractivity contribution in [3.63, 3.8) is 0 Å². The van der Waals surface area contributed by atoms with E-state index in [-0.39, 0.29) is 6.54 Å². The molecular formula is C10H13ClFNO5S3. The fourth-order valence-corrected chi connectivity index (χ4v) is 3.65. The summed E-state index contributed by atoms with van der Waals surface area (Å²) in [7, 11) is -4.53. The van der Waals surface area contributed by atoms with Crippen LogP contribution < -0.4 is 4.72 Å². The molecule has 0 saturated heterocycles. The Labute approximate surface area is 129 Å². The van der Waals surface area contributed by atoms with Gasteiger partial charge in [-0.3, -0.25) is 4.21 Å². The average molecular weight is 378 g/mol. The predicted octanol–water partition coefficient (Wildman–Crippen LogP) is 0.799. The van der Waals surface area contributed by atoms with Gasteiger partial charge in [0.05, 0.1) is 4.90 Å². The summed E-state index contributed by atoms with van der Waals surface area (Å²) in [5.41, 5.74) is 0. The average Bonchev–Trinajstić information content (AvgIpc) is 2.34. The minimum atomic E-state index is -4.18. The third-order valence-corrected chi connectivity index (χ3v) is 6.71. The van der Waals surface area contributed by atoms with Crippen molar-refractivity contribution in [2.45, 2.75) is 22.0 Å². The first-order valence-electron chi connectivity index (χ1n) is 5.51. The maximum Gasteiger partial charge on any atom is 0.261 e. The largest absolute Gasteiger partial charge is 0.261 e. The SMILES string of the molecule is CC(CNS(=O)(=O)c1ccc(S(=O)(=O)Cl)cc1F)S(C)=O. The quantitative estimate of drug-likeness (QED) is 0.739. The number of halogens is 2. The lowest BCUT2D eigenvalue weighted by molar-refractivity contribution is 0.553. The summed E-state index contributed by atoms with van der Waals surface area (Å²) in [4.78, 5) is -1.25. The van der Waals surface area contributed by atoms with Gasteiger partial charge in [0, 0.05) is 39.5 Å². The van der Waals surface area contributed by atoms with E-state index < -0.39 is 50.7 Å². The summed E-state index contributed by atoms with van der Waals surface area (Å²) in [6, 6.07) is 2.22. The lowest BCUT2D eigenvalue weighted by Crippen LogP contribution is -2.33. The second-order valence-electron chi connectivity index (χ2n) is 4.19. The highest BCUT2D eigenvalue weighted by Crippen LogP contribution is 2.21. The summed E-state index contributed by atoms with van der Waals surface area (Å²) in [5.74, 6) is -1.24. The van der Waals surface area contributed by atoms with E-state index in [0.29, 0.717) is 6.07 Å².